The lowest BCUT2D eigenvalue weighted by molar-refractivity contribution is -0.142. The van der Waals surface area contributed by atoms with E-state index in [-0.39, 0.29) is 12.3 Å². The first kappa shape index (κ1) is 12.1. The van der Waals surface area contributed by atoms with E-state index in [0.29, 0.717) is 0 Å². The molecular formula is C8H11N3O3. The second-order valence-electron chi connectivity index (χ2n) is 2.45. The smallest absolute Gasteiger partial charge is 0.396 e. The molecule has 0 saturated heterocycles. The normalized spacial score (nSPS) is 11.1. The summed E-state index contributed by atoms with van der Waals surface area (Å²) in [6.45, 7) is 8.40. The van der Waals surface area contributed by atoms with Crippen LogP contribution in [0.3, 0.4) is 0 Å². The van der Waals surface area contributed by atoms with Gasteiger partial charge in [-0.15, -0.1) is 0 Å². The lowest BCUT2D eigenvalue weighted by Gasteiger charge is -2.04. The number of carbonyl (C=O) groups excluding carboxylic acids is 2. The fourth-order valence-electron chi connectivity index (χ4n) is 0.778. The number of hydrogen-bond acceptors (Lipinski definition) is 4. The molecule has 0 aromatic rings. The van der Waals surface area contributed by atoms with Crippen LogP contribution in [0, 0.1) is 12.0 Å². The Morgan fingerprint density at radius 3 is 2.57 bits per heavy atom. The van der Waals surface area contributed by atoms with Crippen molar-refractivity contribution in [1.29, 1.82) is 5.41 Å². The average molecular weight is 197 g/mol. The number of carbonyl (C=O) groups is 2. The molecule has 0 aliphatic carbocycles. The van der Waals surface area contributed by atoms with E-state index >= 15 is 0 Å². The van der Waals surface area contributed by atoms with E-state index < -0.39 is 24.3 Å². The number of nitrogens with zero attached hydrogens (tertiary/aromatic N) is 1. The van der Waals surface area contributed by atoms with Crippen molar-refractivity contribution in [2.45, 2.75) is 19.4 Å². The molecule has 0 aliphatic rings. The Morgan fingerprint density at radius 1 is 1.64 bits per heavy atom. The maximum Gasteiger partial charge on any atom is 0.396 e. The van der Waals surface area contributed by atoms with Gasteiger partial charge >= 0.3 is 12.0 Å². The highest BCUT2D eigenvalue weighted by molar-refractivity contribution is 6.12. The van der Waals surface area contributed by atoms with Gasteiger partial charge in [-0.1, -0.05) is 0 Å². The van der Waals surface area contributed by atoms with Crippen molar-refractivity contribution in [2.75, 3.05) is 6.61 Å². The van der Waals surface area contributed by atoms with Crippen LogP contribution in [0.5, 0.6) is 0 Å². The van der Waals surface area contributed by atoms with Crippen molar-refractivity contribution in [3.05, 3.63) is 11.4 Å². The second-order valence-corrected chi connectivity index (χ2v) is 2.45. The van der Waals surface area contributed by atoms with Crippen LogP contribution < -0.4 is 5.73 Å². The van der Waals surface area contributed by atoms with E-state index in [2.05, 4.69) is 9.58 Å². The topological polar surface area (TPSA) is 97.6 Å². The third-order valence-electron chi connectivity index (χ3n) is 1.33. The van der Waals surface area contributed by atoms with Gasteiger partial charge in [-0.3, -0.25) is 9.64 Å². The van der Waals surface area contributed by atoms with Gasteiger partial charge in [0.2, 0.25) is 5.91 Å². The molecule has 0 fully saturated rings. The molecule has 0 spiro atoms. The summed E-state index contributed by atoms with van der Waals surface area (Å²) < 4.78 is 4.55. The van der Waals surface area contributed by atoms with Crippen LogP contribution in [0.4, 0.5) is 0 Å². The SMILES string of the molecule is [C-]#[N+]C(C(=N)CC(N)=O)C(=O)OCC. The Hall–Kier alpha value is -1.90. The van der Waals surface area contributed by atoms with E-state index in [1.165, 1.54) is 0 Å². The first-order valence-corrected chi connectivity index (χ1v) is 3.91. The monoisotopic (exact) mass is 197 g/mol. The van der Waals surface area contributed by atoms with E-state index in [1.807, 2.05) is 0 Å². The molecule has 3 N–H and O–H groups in total. The molecule has 1 amide bonds. The zero-order valence-electron chi connectivity index (χ0n) is 7.74. The van der Waals surface area contributed by atoms with Crippen LogP contribution in [-0.4, -0.2) is 30.2 Å². The zero-order chi connectivity index (χ0) is 11.1. The van der Waals surface area contributed by atoms with Gasteiger partial charge in [0.05, 0.1) is 13.0 Å². The van der Waals surface area contributed by atoms with Crippen molar-refractivity contribution >= 4 is 17.6 Å². The highest BCUT2D eigenvalue weighted by Gasteiger charge is 2.30. The molecule has 0 bridgehead atoms. The van der Waals surface area contributed by atoms with Crippen LogP contribution in [0.15, 0.2) is 0 Å². The fraction of sp³-hybridized carbons (Fsp3) is 0.500. The number of rotatable bonds is 5. The summed E-state index contributed by atoms with van der Waals surface area (Å²) in [5.74, 6) is -1.55. The maximum absolute atomic E-state index is 11.1. The minimum atomic E-state index is -1.34. The van der Waals surface area contributed by atoms with Gasteiger partial charge in [0.1, 0.15) is 5.71 Å². The molecule has 1 atom stereocenters. The number of nitrogens with one attached hydrogen (secondary N) is 1. The Kier molecular flexibility index (Phi) is 4.92. The van der Waals surface area contributed by atoms with Crippen molar-refractivity contribution in [2.24, 2.45) is 5.73 Å². The first-order chi connectivity index (χ1) is 6.52. The number of amides is 1. The lowest BCUT2D eigenvalue weighted by Crippen LogP contribution is -2.31. The fourth-order valence-corrected chi connectivity index (χ4v) is 0.778. The Labute approximate surface area is 81.4 Å². The molecule has 0 radical (unpaired) electrons. The van der Waals surface area contributed by atoms with Gasteiger partial charge in [0.25, 0.3) is 0 Å². The number of nitrogens with two attached hydrogens (primary N) is 1. The summed E-state index contributed by atoms with van der Waals surface area (Å²) >= 11 is 0. The van der Waals surface area contributed by atoms with Crippen LogP contribution in [0.2, 0.25) is 0 Å². The van der Waals surface area contributed by atoms with Crippen LogP contribution in [0.25, 0.3) is 4.85 Å². The van der Waals surface area contributed by atoms with E-state index in [4.69, 9.17) is 17.7 Å². The Balaban J connectivity index is 4.42. The second kappa shape index (κ2) is 5.70. The van der Waals surface area contributed by atoms with Gasteiger partial charge in [0.15, 0.2) is 0 Å². The van der Waals surface area contributed by atoms with Crippen molar-refractivity contribution < 1.29 is 14.3 Å². The third kappa shape index (κ3) is 3.67. The number of primary amides is 1. The summed E-state index contributed by atoms with van der Waals surface area (Å²) in [5, 5.41) is 7.27. The predicted octanol–water partition coefficient (Wildman–Crippen LogP) is -0.267. The Morgan fingerprint density at radius 2 is 2.21 bits per heavy atom. The molecule has 0 heterocycles. The first-order valence-electron chi connectivity index (χ1n) is 3.91. The zero-order valence-corrected chi connectivity index (χ0v) is 7.74. The minimum Gasteiger partial charge on any atom is -0.460 e. The molecule has 14 heavy (non-hydrogen) atoms. The minimum absolute atomic E-state index is 0.134. The van der Waals surface area contributed by atoms with Crippen molar-refractivity contribution in [1.82, 2.24) is 0 Å². The van der Waals surface area contributed by atoms with Crippen molar-refractivity contribution in [3.63, 3.8) is 0 Å². The van der Waals surface area contributed by atoms with Gasteiger partial charge in [-0.25, -0.2) is 11.4 Å². The highest BCUT2D eigenvalue weighted by Crippen LogP contribution is 2.00. The molecule has 0 rings (SSSR count). The maximum atomic E-state index is 11.1. The highest BCUT2D eigenvalue weighted by atomic mass is 16.5. The Bertz CT molecular complexity index is 293. The molecule has 6 nitrogen and oxygen atoms in total. The number of ether oxygens (including phenoxy) is 1. The molecule has 76 valence electrons. The summed E-state index contributed by atoms with van der Waals surface area (Å²) in [4.78, 5) is 24.4. The van der Waals surface area contributed by atoms with E-state index in [0.717, 1.165) is 0 Å². The number of esters is 1. The molecule has 1 unspecified atom stereocenters. The quantitative estimate of drug-likeness (QED) is 0.360. The van der Waals surface area contributed by atoms with E-state index in [9.17, 15) is 9.59 Å². The van der Waals surface area contributed by atoms with Crippen LogP contribution >= 0.6 is 0 Å². The van der Waals surface area contributed by atoms with Crippen LogP contribution in [-0.2, 0) is 14.3 Å². The lowest BCUT2D eigenvalue weighted by atomic mass is 10.1. The molecule has 0 aromatic carbocycles. The number of hydrogen-bond donors (Lipinski definition) is 2. The molecule has 0 aliphatic heterocycles. The van der Waals surface area contributed by atoms with E-state index in [1.54, 1.807) is 6.92 Å². The standard InChI is InChI=1S/C8H11N3O3/c1-3-14-8(13)7(11-2)5(9)4-6(10)12/h7,9H,3-4H2,1H3,(H2,10,12). The molecule has 0 aromatic heterocycles. The summed E-state index contributed by atoms with van der Waals surface area (Å²) in [6, 6.07) is -1.34. The van der Waals surface area contributed by atoms with Gasteiger partial charge in [-0.2, -0.15) is 0 Å². The summed E-state index contributed by atoms with van der Waals surface area (Å²) in [7, 11) is 0. The summed E-state index contributed by atoms with van der Waals surface area (Å²) in [5.41, 5.74) is 4.50. The van der Waals surface area contributed by atoms with Gasteiger partial charge in [0, 0.05) is 0 Å². The van der Waals surface area contributed by atoms with Gasteiger partial charge < -0.3 is 15.9 Å². The molecule has 6 heteroatoms. The largest absolute Gasteiger partial charge is 0.460 e. The van der Waals surface area contributed by atoms with Crippen LogP contribution in [0.1, 0.15) is 13.3 Å². The molecular weight excluding hydrogens is 186 g/mol. The van der Waals surface area contributed by atoms with Crippen molar-refractivity contribution in [3.8, 4) is 0 Å². The average Bonchev–Trinajstić information content (AvgIpc) is 2.04. The molecule has 0 saturated carbocycles. The van der Waals surface area contributed by atoms with Gasteiger partial charge in [-0.05, 0) is 6.92 Å². The summed E-state index contributed by atoms with van der Waals surface area (Å²) in [6.07, 6.45) is -0.397. The predicted molar refractivity (Wildman–Crippen MR) is 48.6 cm³/mol. The third-order valence-corrected chi connectivity index (χ3v) is 1.33.